The van der Waals surface area contributed by atoms with E-state index in [0.717, 1.165) is 10.8 Å². The van der Waals surface area contributed by atoms with Crippen molar-refractivity contribution in [2.45, 2.75) is 19.3 Å². The molecule has 0 heteroatoms. The second-order valence-electron chi connectivity index (χ2n) is 5.17. The van der Waals surface area contributed by atoms with Crippen LogP contribution in [0.1, 0.15) is 19.3 Å². The molecule has 5 fully saturated rings. The Balaban J connectivity index is 1.98. The fourth-order valence-electron chi connectivity index (χ4n) is 5.63. The second kappa shape index (κ2) is 0.538. The molecule has 0 aromatic rings. The number of hydrogen-bond donors (Lipinski definition) is 0. The summed E-state index contributed by atoms with van der Waals surface area (Å²) in [5.74, 6) is 5.16. The highest BCUT2D eigenvalue weighted by molar-refractivity contribution is 5.55. The Labute approximate surface area is 54.6 Å². The zero-order valence-electron chi connectivity index (χ0n) is 5.43. The lowest BCUT2D eigenvalue weighted by Crippen LogP contribution is -2.47. The molecule has 9 heavy (non-hydrogen) atoms. The van der Waals surface area contributed by atoms with Gasteiger partial charge in [0.25, 0.3) is 0 Å². The van der Waals surface area contributed by atoms with Crippen molar-refractivity contribution in [2.24, 2.45) is 34.5 Å². The minimum Gasteiger partial charge on any atom is -0.0464 e. The molecule has 0 aromatic heterocycles. The van der Waals surface area contributed by atoms with Crippen LogP contribution in [0.3, 0.4) is 0 Å². The van der Waals surface area contributed by atoms with Gasteiger partial charge in [0.15, 0.2) is 0 Å². The third-order valence-electron chi connectivity index (χ3n) is 5.78. The minimum absolute atomic E-state index is 1.08. The molecule has 5 rings (SSSR count). The maximum Gasteiger partial charge on any atom is -0.0162 e. The largest absolute Gasteiger partial charge is 0.0464 e. The average molecular weight is 118 g/mol. The Hall–Kier alpha value is 0. The lowest BCUT2D eigenvalue weighted by Gasteiger charge is -2.52. The fraction of sp³-hybridized carbons (Fsp3) is 1.00. The lowest BCUT2D eigenvalue weighted by molar-refractivity contribution is -0.0476. The molecule has 0 heterocycles. The van der Waals surface area contributed by atoms with Gasteiger partial charge in [-0.1, -0.05) is 0 Å². The lowest BCUT2D eigenvalue weighted by atomic mass is 9.52. The van der Waals surface area contributed by atoms with Crippen LogP contribution in [-0.4, -0.2) is 0 Å². The number of rotatable bonds is 0. The maximum atomic E-state index is 1.69. The molecule has 6 atom stereocenters. The van der Waals surface area contributed by atoms with Crippen LogP contribution < -0.4 is 0 Å². The summed E-state index contributed by atoms with van der Waals surface area (Å²) in [5, 5.41) is 0. The Morgan fingerprint density at radius 3 is 2.56 bits per heavy atom. The first-order chi connectivity index (χ1) is 4.41. The Morgan fingerprint density at radius 2 is 2.11 bits per heavy atom. The summed E-state index contributed by atoms with van der Waals surface area (Å²) in [6.07, 6.45) is 5.01. The fourth-order valence-corrected chi connectivity index (χ4v) is 5.63. The Bertz CT molecular complexity index is 243. The third-order valence-corrected chi connectivity index (χ3v) is 5.78. The van der Waals surface area contributed by atoms with Crippen molar-refractivity contribution >= 4 is 0 Å². The molecule has 0 bridgehead atoms. The van der Waals surface area contributed by atoms with Gasteiger partial charge in [-0.3, -0.25) is 0 Å². The summed E-state index contributed by atoms with van der Waals surface area (Å²) in [7, 11) is 0. The molecule has 0 radical (unpaired) electrons. The van der Waals surface area contributed by atoms with E-state index in [1.807, 2.05) is 0 Å². The molecule has 0 saturated heterocycles. The first-order valence-electron chi connectivity index (χ1n) is 4.41. The van der Waals surface area contributed by atoms with Gasteiger partial charge >= 0.3 is 0 Å². The van der Waals surface area contributed by atoms with Gasteiger partial charge in [0.05, 0.1) is 0 Å². The predicted octanol–water partition coefficient (Wildman–Crippen LogP) is 1.66. The van der Waals surface area contributed by atoms with Gasteiger partial charge in [-0.25, -0.2) is 0 Å². The molecule has 46 valence electrons. The van der Waals surface area contributed by atoms with Crippen LogP contribution in [0.5, 0.6) is 0 Å². The van der Waals surface area contributed by atoms with Gasteiger partial charge in [-0.05, 0) is 53.8 Å². The highest BCUT2D eigenvalue weighted by Crippen LogP contribution is 3.13. The van der Waals surface area contributed by atoms with Crippen LogP contribution >= 0.6 is 0 Å². The average Bonchev–Trinajstić information content (AvgIpc) is 2.44. The molecule has 0 amide bonds. The van der Waals surface area contributed by atoms with E-state index < -0.39 is 0 Å². The van der Waals surface area contributed by atoms with Crippen molar-refractivity contribution in [3.63, 3.8) is 0 Å². The summed E-state index contributed by atoms with van der Waals surface area (Å²) in [6, 6.07) is 0. The highest BCUT2D eigenvalue weighted by atomic mass is 15.1. The standard InChI is InChI=1S/C9H10/c1-4-2-6-8-3-9(6,8)7(4)5(1)8/h4-7H,1-3H2. The Morgan fingerprint density at radius 1 is 1.11 bits per heavy atom. The van der Waals surface area contributed by atoms with E-state index in [4.69, 9.17) is 0 Å². The minimum atomic E-state index is 1.08. The van der Waals surface area contributed by atoms with Crippen LogP contribution in [0.2, 0.25) is 0 Å². The van der Waals surface area contributed by atoms with Gasteiger partial charge in [-0.2, -0.15) is 0 Å². The summed E-state index contributed by atoms with van der Waals surface area (Å²) in [5.41, 5.74) is 2.16. The predicted molar refractivity (Wildman–Crippen MR) is 32.7 cm³/mol. The molecule has 1 spiro atoms. The van der Waals surface area contributed by atoms with Crippen molar-refractivity contribution < 1.29 is 0 Å². The van der Waals surface area contributed by atoms with Crippen molar-refractivity contribution in [3.05, 3.63) is 0 Å². The maximum absolute atomic E-state index is 1.69. The topological polar surface area (TPSA) is 0 Å². The quantitative estimate of drug-likeness (QED) is 0.454. The van der Waals surface area contributed by atoms with E-state index in [1.54, 1.807) is 19.3 Å². The molecule has 5 saturated carbocycles. The van der Waals surface area contributed by atoms with Gasteiger partial charge in [0, 0.05) is 0 Å². The van der Waals surface area contributed by atoms with Gasteiger partial charge in [0.1, 0.15) is 0 Å². The van der Waals surface area contributed by atoms with Gasteiger partial charge in [-0.15, -0.1) is 0 Å². The molecule has 5 aliphatic rings. The second-order valence-corrected chi connectivity index (χ2v) is 5.17. The Kier molecular flexibility index (Phi) is 0.204. The van der Waals surface area contributed by atoms with E-state index in [2.05, 4.69) is 0 Å². The third kappa shape index (κ3) is 0.111. The van der Waals surface area contributed by atoms with E-state index in [9.17, 15) is 0 Å². The number of hydrogen-bond acceptors (Lipinski definition) is 0. The van der Waals surface area contributed by atoms with Crippen LogP contribution in [0.25, 0.3) is 0 Å². The molecule has 0 N–H and O–H groups in total. The molecule has 0 aromatic carbocycles. The van der Waals surface area contributed by atoms with Crippen molar-refractivity contribution in [3.8, 4) is 0 Å². The monoisotopic (exact) mass is 118 g/mol. The summed E-state index contributed by atoms with van der Waals surface area (Å²) in [6.45, 7) is 0. The zero-order valence-corrected chi connectivity index (χ0v) is 5.43. The van der Waals surface area contributed by atoms with Gasteiger partial charge < -0.3 is 0 Å². The normalized spacial score (nSPS) is 98.7. The first kappa shape index (κ1) is 3.41. The zero-order chi connectivity index (χ0) is 5.43. The molecular formula is C9H10. The van der Waals surface area contributed by atoms with Crippen LogP contribution in [0.15, 0.2) is 0 Å². The SMILES string of the molecule is C1C2CC3C45CC34C2C15. The van der Waals surface area contributed by atoms with Crippen molar-refractivity contribution in [1.29, 1.82) is 0 Å². The van der Waals surface area contributed by atoms with E-state index in [-0.39, 0.29) is 0 Å². The molecule has 0 aliphatic heterocycles. The summed E-state index contributed by atoms with van der Waals surface area (Å²) < 4.78 is 0. The molecule has 6 unspecified atom stereocenters. The van der Waals surface area contributed by atoms with Crippen LogP contribution in [0, 0.1) is 34.5 Å². The molecular weight excluding hydrogens is 108 g/mol. The van der Waals surface area contributed by atoms with Crippen LogP contribution in [-0.2, 0) is 0 Å². The van der Waals surface area contributed by atoms with E-state index in [1.165, 1.54) is 23.7 Å². The van der Waals surface area contributed by atoms with Gasteiger partial charge in [0.2, 0.25) is 0 Å². The van der Waals surface area contributed by atoms with Crippen molar-refractivity contribution in [1.82, 2.24) is 0 Å². The molecule has 0 nitrogen and oxygen atoms in total. The summed E-state index contributed by atoms with van der Waals surface area (Å²) in [4.78, 5) is 0. The highest BCUT2D eigenvalue weighted by Gasteiger charge is 3.08. The van der Waals surface area contributed by atoms with E-state index in [0.29, 0.717) is 0 Å². The van der Waals surface area contributed by atoms with E-state index >= 15 is 0 Å². The summed E-state index contributed by atoms with van der Waals surface area (Å²) >= 11 is 0. The smallest absolute Gasteiger partial charge is 0.0162 e. The molecule has 5 aliphatic carbocycles. The van der Waals surface area contributed by atoms with Crippen molar-refractivity contribution in [2.75, 3.05) is 0 Å². The first-order valence-corrected chi connectivity index (χ1v) is 4.41. The van der Waals surface area contributed by atoms with Crippen LogP contribution in [0.4, 0.5) is 0 Å².